The molecule has 4 nitrogen and oxygen atoms in total. The fraction of sp³-hybridized carbons (Fsp3) is 0.875. The van der Waals surface area contributed by atoms with Crippen molar-refractivity contribution in [1.29, 1.82) is 0 Å². The third-order valence-corrected chi connectivity index (χ3v) is 1.67. The number of hydrogen-bond donors (Lipinski definition) is 3. The lowest BCUT2D eigenvalue weighted by Crippen LogP contribution is -2.43. The molecule has 0 aromatic carbocycles. The zero-order chi connectivity index (χ0) is 9.94. The Bertz CT molecular complexity index is 159. The van der Waals surface area contributed by atoms with Crippen molar-refractivity contribution in [2.45, 2.75) is 33.0 Å². The molecule has 12 heavy (non-hydrogen) atoms. The number of ketones is 1. The van der Waals surface area contributed by atoms with Gasteiger partial charge in [-0.05, 0) is 5.41 Å². The van der Waals surface area contributed by atoms with Crippen LogP contribution in [0, 0.1) is 5.41 Å². The molecule has 0 aromatic heterocycles. The lowest BCUT2D eigenvalue weighted by Gasteiger charge is -2.28. The summed E-state index contributed by atoms with van der Waals surface area (Å²) in [5.74, 6) is -0.752. The average Bonchev–Trinajstić information content (AvgIpc) is 1.98. The minimum Gasteiger partial charge on any atom is -0.389 e. The molecule has 0 aliphatic heterocycles. The highest BCUT2D eigenvalue weighted by Gasteiger charge is 2.32. The van der Waals surface area contributed by atoms with Crippen molar-refractivity contribution < 1.29 is 20.1 Å². The van der Waals surface area contributed by atoms with Crippen molar-refractivity contribution in [3.05, 3.63) is 0 Å². The number of Topliss-reactive ketones (excluding diaryl/α,β-unsaturated/α-hetero) is 1. The molecular weight excluding hydrogens is 160 g/mol. The SMILES string of the molecule is CC(C)(C)[C@@H](O)[C@@H](O)C(=O)CO. The summed E-state index contributed by atoms with van der Waals surface area (Å²) >= 11 is 0. The summed E-state index contributed by atoms with van der Waals surface area (Å²) in [5, 5.41) is 26.9. The second-order valence-corrected chi connectivity index (χ2v) is 3.88. The summed E-state index contributed by atoms with van der Waals surface area (Å²) in [5.41, 5.74) is -0.565. The molecule has 0 rings (SSSR count). The number of carbonyl (C=O) groups is 1. The molecule has 0 aromatic rings. The van der Waals surface area contributed by atoms with Gasteiger partial charge < -0.3 is 15.3 Å². The molecule has 0 saturated carbocycles. The Labute approximate surface area is 71.8 Å². The van der Waals surface area contributed by atoms with Gasteiger partial charge in [0.05, 0.1) is 6.10 Å². The van der Waals surface area contributed by atoms with E-state index in [4.69, 9.17) is 10.2 Å². The van der Waals surface area contributed by atoms with Crippen LogP contribution in [0.2, 0.25) is 0 Å². The predicted octanol–water partition coefficient (Wildman–Crippen LogP) is -0.684. The van der Waals surface area contributed by atoms with Crippen LogP contribution in [0.5, 0.6) is 0 Å². The second-order valence-electron chi connectivity index (χ2n) is 3.88. The van der Waals surface area contributed by atoms with Crippen molar-refractivity contribution >= 4 is 5.78 Å². The number of carbonyl (C=O) groups excluding carboxylic acids is 1. The number of aliphatic hydroxyl groups excluding tert-OH is 3. The van der Waals surface area contributed by atoms with E-state index < -0.39 is 30.0 Å². The first-order chi connectivity index (χ1) is 5.30. The molecule has 0 bridgehead atoms. The van der Waals surface area contributed by atoms with E-state index in [-0.39, 0.29) is 0 Å². The Morgan fingerprint density at radius 2 is 1.75 bits per heavy atom. The van der Waals surface area contributed by atoms with Crippen LogP contribution in [0.3, 0.4) is 0 Å². The molecule has 4 heteroatoms. The van der Waals surface area contributed by atoms with Crippen LogP contribution in [0.25, 0.3) is 0 Å². The van der Waals surface area contributed by atoms with E-state index in [9.17, 15) is 9.90 Å². The maximum atomic E-state index is 10.7. The minimum absolute atomic E-state index is 0.565. The lowest BCUT2D eigenvalue weighted by atomic mass is 9.85. The van der Waals surface area contributed by atoms with E-state index in [1.165, 1.54) is 0 Å². The molecule has 0 aliphatic rings. The highest BCUT2D eigenvalue weighted by atomic mass is 16.3. The number of rotatable bonds is 3. The molecule has 0 spiro atoms. The van der Waals surface area contributed by atoms with Crippen molar-refractivity contribution in [2.24, 2.45) is 5.41 Å². The van der Waals surface area contributed by atoms with E-state index in [0.717, 1.165) is 0 Å². The van der Waals surface area contributed by atoms with Crippen molar-refractivity contribution in [3.8, 4) is 0 Å². The summed E-state index contributed by atoms with van der Waals surface area (Å²) in [6.45, 7) is 4.36. The normalized spacial score (nSPS) is 17.2. The first kappa shape index (κ1) is 11.6. The smallest absolute Gasteiger partial charge is 0.189 e. The van der Waals surface area contributed by atoms with Crippen LogP contribution in [0.4, 0.5) is 0 Å². The zero-order valence-electron chi connectivity index (χ0n) is 7.61. The Kier molecular flexibility index (Phi) is 3.83. The summed E-state index contributed by atoms with van der Waals surface area (Å²) < 4.78 is 0. The summed E-state index contributed by atoms with van der Waals surface area (Å²) in [6, 6.07) is 0. The quantitative estimate of drug-likeness (QED) is 0.532. The minimum atomic E-state index is -1.49. The summed E-state index contributed by atoms with van der Waals surface area (Å²) in [7, 11) is 0. The molecule has 0 saturated heterocycles. The van der Waals surface area contributed by atoms with Gasteiger partial charge in [-0.3, -0.25) is 4.79 Å². The van der Waals surface area contributed by atoms with Gasteiger partial charge in [-0.15, -0.1) is 0 Å². The zero-order valence-corrected chi connectivity index (χ0v) is 7.61. The van der Waals surface area contributed by atoms with Crippen LogP contribution >= 0.6 is 0 Å². The van der Waals surface area contributed by atoms with Gasteiger partial charge in [0, 0.05) is 0 Å². The van der Waals surface area contributed by atoms with Crippen LogP contribution in [-0.4, -0.2) is 39.9 Å². The van der Waals surface area contributed by atoms with E-state index in [1.54, 1.807) is 20.8 Å². The fourth-order valence-electron chi connectivity index (χ4n) is 0.743. The first-order valence-electron chi connectivity index (χ1n) is 3.80. The monoisotopic (exact) mass is 176 g/mol. The highest BCUT2D eigenvalue weighted by Crippen LogP contribution is 2.21. The van der Waals surface area contributed by atoms with Crippen LogP contribution < -0.4 is 0 Å². The molecule has 0 radical (unpaired) electrons. The highest BCUT2D eigenvalue weighted by molar-refractivity contribution is 5.84. The number of hydrogen-bond acceptors (Lipinski definition) is 4. The third-order valence-electron chi connectivity index (χ3n) is 1.67. The van der Waals surface area contributed by atoms with Crippen molar-refractivity contribution in [2.75, 3.05) is 6.61 Å². The van der Waals surface area contributed by atoms with Gasteiger partial charge in [0.25, 0.3) is 0 Å². The van der Waals surface area contributed by atoms with Crippen molar-refractivity contribution in [1.82, 2.24) is 0 Å². The maximum absolute atomic E-state index is 10.7. The fourth-order valence-corrected chi connectivity index (χ4v) is 0.743. The lowest BCUT2D eigenvalue weighted by molar-refractivity contribution is -0.140. The molecule has 0 fully saturated rings. The molecule has 0 amide bonds. The van der Waals surface area contributed by atoms with Gasteiger partial charge >= 0.3 is 0 Å². The Balaban J connectivity index is 4.29. The molecule has 0 heterocycles. The molecule has 72 valence electrons. The van der Waals surface area contributed by atoms with Crippen molar-refractivity contribution in [3.63, 3.8) is 0 Å². The summed E-state index contributed by atoms with van der Waals surface area (Å²) in [4.78, 5) is 10.7. The van der Waals surface area contributed by atoms with E-state index in [1.807, 2.05) is 0 Å². The molecule has 0 unspecified atom stereocenters. The van der Waals surface area contributed by atoms with Gasteiger partial charge in [0.15, 0.2) is 5.78 Å². The third kappa shape index (κ3) is 2.89. The molecular formula is C8H16O4. The van der Waals surface area contributed by atoms with Crippen LogP contribution in [-0.2, 0) is 4.79 Å². The Hall–Kier alpha value is -0.450. The summed E-state index contributed by atoms with van der Waals surface area (Å²) in [6.07, 6.45) is -2.63. The molecule has 0 aliphatic carbocycles. The Morgan fingerprint density at radius 1 is 1.33 bits per heavy atom. The molecule has 3 N–H and O–H groups in total. The van der Waals surface area contributed by atoms with Gasteiger partial charge in [-0.2, -0.15) is 0 Å². The standard InChI is InChI=1S/C8H16O4/c1-8(2,3)7(12)6(11)5(10)4-9/h6-7,9,11-12H,4H2,1-3H3/t6-,7-/m0/s1. The maximum Gasteiger partial charge on any atom is 0.189 e. The topological polar surface area (TPSA) is 77.8 Å². The predicted molar refractivity (Wildman–Crippen MR) is 43.6 cm³/mol. The van der Waals surface area contributed by atoms with E-state index >= 15 is 0 Å². The van der Waals surface area contributed by atoms with Gasteiger partial charge in [0.1, 0.15) is 12.7 Å². The van der Waals surface area contributed by atoms with Gasteiger partial charge in [-0.1, -0.05) is 20.8 Å². The van der Waals surface area contributed by atoms with E-state index in [0.29, 0.717) is 0 Å². The first-order valence-corrected chi connectivity index (χ1v) is 3.80. The van der Waals surface area contributed by atoms with Gasteiger partial charge in [-0.25, -0.2) is 0 Å². The second kappa shape index (κ2) is 3.98. The number of aliphatic hydroxyl groups is 3. The molecule has 2 atom stereocenters. The Morgan fingerprint density at radius 3 is 2.00 bits per heavy atom. The van der Waals surface area contributed by atoms with E-state index in [2.05, 4.69) is 0 Å². The van der Waals surface area contributed by atoms with Crippen LogP contribution in [0.1, 0.15) is 20.8 Å². The average molecular weight is 176 g/mol. The van der Waals surface area contributed by atoms with Crippen LogP contribution in [0.15, 0.2) is 0 Å². The largest absolute Gasteiger partial charge is 0.389 e. The van der Waals surface area contributed by atoms with Gasteiger partial charge in [0.2, 0.25) is 0 Å².